The summed E-state index contributed by atoms with van der Waals surface area (Å²) in [7, 11) is 1.22. The number of likely N-dealkylation sites (N-methyl/N-ethyl adjacent to an activating group) is 1. The first-order chi connectivity index (χ1) is 17.8. The molecule has 5 amide bonds. The molecular weight excluding hydrogens is 498 g/mol. The zero-order valence-electron chi connectivity index (χ0n) is 22.6. The lowest BCUT2D eigenvalue weighted by molar-refractivity contribution is -0.143. The average molecular weight is 538 g/mol. The Kier molecular flexibility index (Phi) is 13.6. The van der Waals surface area contributed by atoms with Crippen LogP contribution in [0.3, 0.4) is 0 Å². The molecule has 0 aliphatic carbocycles. The Balaban J connectivity index is 2.83. The Morgan fingerprint density at radius 1 is 1.00 bits per heavy atom. The van der Waals surface area contributed by atoms with Crippen molar-refractivity contribution in [1.82, 2.24) is 21.1 Å². The molecular formula is C25H39N5O8. The van der Waals surface area contributed by atoms with Crippen molar-refractivity contribution in [2.75, 3.05) is 20.3 Å². The van der Waals surface area contributed by atoms with Gasteiger partial charge in [0.25, 0.3) is 11.8 Å². The van der Waals surface area contributed by atoms with E-state index in [0.717, 1.165) is 23.4 Å². The van der Waals surface area contributed by atoms with Crippen molar-refractivity contribution < 1.29 is 38.2 Å². The van der Waals surface area contributed by atoms with Crippen LogP contribution in [-0.2, 0) is 35.2 Å². The molecule has 0 unspecified atom stereocenters. The van der Waals surface area contributed by atoms with Crippen molar-refractivity contribution in [3.63, 3.8) is 0 Å². The molecule has 0 saturated heterocycles. The number of amides is 5. The summed E-state index contributed by atoms with van der Waals surface area (Å²) >= 11 is 0. The molecule has 0 heterocycles. The van der Waals surface area contributed by atoms with Crippen molar-refractivity contribution in [2.24, 2.45) is 5.73 Å². The monoisotopic (exact) mass is 537 g/mol. The number of nitrogens with two attached hydrogens (primary N) is 1. The zero-order chi connectivity index (χ0) is 28.7. The molecule has 13 heteroatoms. The molecule has 5 N–H and O–H groups in total. The number of ether oxygens (including phenoxy) is 3. The first kappa shape index (κ1) is 32.2. The normalized spacial score (nSPS) is 12.4. The minimum absolute atomic E-state index is 0.0627. The molecule has 0 aliphatic heterocycles. The molecule has 0 spiro atoms. The molecule has 0 fully saturated rings. The van der Waals surface area contributed by atoms with E-state index in [-0.39, 0.29) is 13.2 Å². The number of hydrogen-bond donors (Lipinski definition) is 4. The molecule has 0 radical (unpaired) electrons. The van der Waals surface area contributed by atoms with Gasteiger partial charge in [0.05, 0.1) is 13.0 Å². The Morgan fingerprint density at radius 2 is 1.63 bits per heavy atom. The number of primary amides is 1. The van der Waals surface area contributed by atoms with Gasteiger partial charge < -0.3 is 30.6 Å². The summed E-state index contributed by atoms with van der Waals surface area (Å²) in [6.45, 7) is 7.10. The largest absolute Gasteiger partial charge is 0.445 e. The maximum absolute atomic E-state index is 12.9. The molecule has 212 valence electrons. The van der Waals surface area contributed by atoms with E-state index < -0.39 is 54.0 Å². The summed E-state index contributed by atoms with van der Waals surface area (Å²) in [5.74, 6) is -2.50. The van der Waals surface area contributed by atoms with Gasteiger partial charge in [-0.05, 0) is 32.8 Å². The topological polar surface area (TPSA) is 178 Å². The van der Waals surface area contributed by atoms with Gasteiger partial charge in [-0.25, -0.2) is 9.59 Å². The van der Waals surface area contributed by atoms with Gasteiger partial charge in [-0.15, -0.1) is 0 Å². The van der Waals surface area contributed by atoms with Gasteiger partial charge in [-0.1, -0.05) is 43.7 Å². The zero-order valence-corrected chi connectivity index (χ0v) is 22.6. The summed E-state index contributed by atoms with van der Waals surface area (Å²) in [6.07, 6.45) is -0.725. The molecule has 0 aromatic heterocycles. The van der Waals surface area contributed by atoms with Gasteiger partial charge in [0.2, 0.25) is 5.91 Å². The van der Waals surface area contributed by atoms with E-state index in [1.807, 2.05) is 6.92 Å². The number of nitrogens with one attached hydrogen (secondary N) is 3. The third-order valence-electron chi connectivity index (χ3n) is 4.75. The van der Waals surface area contributed by atoms with Crippen molar-refractivity contribution in [1.29, 1.82) is 0 Å². The second-order valence-corrected chi connectivity index (χ2v) is 9.43. The van der Waals surface area contributed by atoms with Crippen LogP contribution in [-0.4, -0.2) is 72.9 Å². The van der Waals surface area contributed by atoms with Gasteiger partial charge in [0, 0.05) is 13.7 Å². The van der Waals surface area contributed by atoms with Gasteiger partial charge in [-0.2, -0.15) is 0 Å². The lowest BCUT2D eigenvalue weighted by Crippen LogP contribution is -2.58. The fraction of sp³-hybridized carbons (Fsp3) is 0.560. The summed E-state index contributed by atoms with van der Waals surface area (Å²) in [6, 6.07) is 6.22. The van der Waals surface area contributed by atoms with Crippen LogP contribution >= 0.6 is 0 Å². The SMILES string of the molecule is CCCCOC[C@H](NC(=O)OC(C)(C)C)C(=O)NN(C)C(=O)[C@H](CC(N)=O)NC(=O)OCc1ccccc1. The Bertz CT molecular complexity index is 935. The van der Waals surface area contributed by atoms with Crippen LogP contribution in [0.5, 0.6) is 0 Å². The first-order valence-corrected chi connectivity index (χ1v) is 12.2. The molecule has 0 aliphatic rings. The van der Waals surface area contributed by atoms with E-state index in [0.29, 0.717) is 6.61 Å². The first-order valence-electron chi connectivity index (χ1n) is 12.2. The molecule has 1 aromatic carbocycles. The van der Waals surface area contributed by atoms with Crippen LogP contribution in [0, 0.1) is 0 Å². The van der Waals surface area contributed by atoms with Crippen LogP contribution in [0.1, 0.15) is 52.5 Å². The van der Waals surface area contributed by atoms with Gasteiger partial charge in [0.1, 0.15) is 24.3 Å². The van der Waals surface area contributed by atoms with Crippen LogP contribution in [0.25, 0.3) is 0 Å². The Labute approximate surface area is 222 Å². The standard InChI is InChI=1S/C25H39N5O8/c1-6-7-13-36-16-19(28-24(35)38-25(2,3)4)21(32)29-30(5)22(33)18(14-20(26)31)27-23(34)37-15-17-11-9-8-10-12-17/h8-12,18-19H,6-7,13-16H2,1-5H3,(H2,26,31)(H,27,34)(H,28,35)(H,29,32)/t18-,19-/m0/s1. The summed E-state index contributed by atoms with van der Waals surface area (Å²) in [5, 5.41) is 5.49. The number of carbonyl (C=O) groups excluding carboxylic acids is 5. The lowest BCUT2D eigenvalue weighted by Gasteiger charge is -2.27. The highest BCUT2D eigenvalue weighted by Gasteiger charge is 2.30. The van der Waals surface area contributed by atoms with Crippen molar-refractivity contribution in [3.8, 4) is 0 Å². The number of rotatable bonds is 13. The van der Waals surface area contributed by atoms with Gasteiger partial charge in [-0.3, -0.25) is 24.8 Å². The smallest absolute Gasteiger partial charge is 0.408 e. The fourth-order valence-corrected chi connectivity index (χ4v) is 2.92. The third-order valence-corrected chi connectivity index (χ3v) is 4.75. The van der Waals surface area contributed by atoms with Gasteiger partial charge in [0.15, 0.2) is 0 Å². The molecule has 1 rings (SSSR count). The van der Waals surface area contributed by atoms with E-state index in [1.165, 1.54) is 7.05 Å². The van der Waals surface area contributed by atoms with E-state index in [2.05, 4.69) is 16.1 Å². The van der Waals surface area contributed by atoms with Gasteiger partial charge >= 0.3 is 12.2 Å². The van der Waals surface area contributed by atoms with E-state index >= 15 is 0 Å². The lowest BCUT2D eigenvalue weighted by atomic mass is 10.2. The maximum Gasteiger partial charge on any atom is 0.408 e. The van der Waals surface area contributed by atoms with Crippen molar-refractivity contribution in [2.45, 2.75) is 71.2 Å². The highest BCUT2D eigenvalue weighted by Crippen LogP contribution is 2.07. The quantitative estimate of drug-likeness (QED) is 0.215. The minimum atomic E-state index is -1.42. The Morgan fingerprint density at radius 3 is 2.21 bits per heavy atom. The number of carbonyl (C=O) groups is 5. The molecule has 2 atom stereocenters. The number of alkyl carbamates (subject to hydrolysis) is 2. The van der Waals surface area contributed by atoms with E-state index in [4.69, 9.17) is 19.9 Å². The summed E-state index contributed by atoms with van der Waals surface area (Å²) in [4.78, 5) is 61.9. The number of hydrazine groups is 1. The fourth-order valence-electron chi connectivity index (χ4n) is 2.92. The number of nitrogens with zero attached hydrogens (tertiary/aromatic N) is 1. The predicted molar refractivity (Wildman–Crippen MR) is 137 cm³/mol. The molecule has 0 bridgehead atoms. The molecule has 13 nitrogen and oxygen atoms in total. The second-order valence-electron chi connectivity index (χ2n) is 9.43. The van der Waals surface area contributed by atoms with E-state index in [9.17, 15) is 24.0 Å². The number of benzene rings is 1. The molecule has 0 saturated carbocycles. The van der Waals surface area contributed by atoms with Crippen LogP contribution < -0.4 is 21.8 Å². The van der Waals surface area contributed by atoms with E-state index in [1.54, 1.807) is 51.1 Å². The minimum Gasteiger partial charge on any atom is -0.445 e. The third kappa shape index (κ3) is 13.4. The highest BCUT2D eigenvalue weighted by atomic mass is 16.6. The van der Waals surface area contributed by atoms with Crippen molar-refractivity contribution in [3.05, 3.63) is 35.9 Å². The number of hydrogen-bond acceptors (Lipinski definition) is 8. The second kappa shape index (κ2) is 16.1. The average Bonchev–Trinajstić information content (AvgIpc) is 2.82. The highest BCUT2D eigenvalue weighted by molar-refractivity contribution is 5.92. The van der Waals surface area contributed by atoms with Crippen LogP contribution in [0.2, 0.25) is 0 Å². The molecule has 1 aromatic rings. The summed E-state index contributed by atoms with van der Waals surface area (Å²) in [5.41, 5.74) is 7.48. The van der Waals surface area contributed by atoms with Crippen LogP contribution in [0.15, 0.2) is 30.3 Å². The number of unbranched alkanes of at least 4 members (excludes halogenated alkanes) is 1. The van der Waals surface area contributed by atoms with Crippen molar-refractivity contribution >= 4 is 29.9 Å². The molecule has 38 heavy (non-hydrogen) atoms. The predicted octanol–water partition coefficient (Wildman–Crippen LogP) is 1.36. The Hall–Kier alpha value is -3.87. The maximum atomic E-state index is 12.9. The summed E-state index contributed by atoms with van der Waals surface area (Å²) < 4.78 is 15.8. The van der Waals surface area contributed by atoms with Crippen LogP contribution in [0.4, 0.5) is 9.59 Å².